The Kier molecular flexibility index (Phi) is 2.45. The number of nitrogens with zero attached hydrogens (tertiary/aromatic N) is 2. The second-order valence-corrected chi connectivity index (χ2v) is 6.14. The maximum absolute atomic E-state index is 11.4. The molecule has 0 spiro atoms. The van der Waals surface area contributed by atoms with Crippen LogP contribution in [0.3, 0.4) is 0 Å². The first-order valence-electron chi connectivity index (χ1n) is 6.51. The number of H-pyrrole nitrogens is 1. The number of nitrogens with one attached hydrogen (secondary N) is 1. The highest BCUT2D eigenvalue weighted by atomic mass is 16.4. The molecule has 2 aromatic heterocycles. The van der Waals surface area contributed by atoms with Gasteiger partial charge < -0.3 is 10.1 Å². The van der Waals surface area contributed by atoms with Crippen molar-refractivity contribution in [2.75, 3.05) is 0 Å². The highest BCUT2D eigenvalue weighted by Crippen LogP contribution is 2.32. The number of aromatic nitrogens is 3. The van der Waals surface area contributed by atoms with Gasteiger partial charge in [0.25, 0.3) is 0 Å². The standard InChI is InChI=1S/C15H17N3O2/c1-15(2,3)8-5-6-10-9(7-8)11-12(14(19)20)17-18(4)13(11)16-10/h5-7,16H,1-4H3,(H,19,20). The van der Waals surface area contributed by atoms with Crippen LogP contribution in [0.15, 0.2) is 18.2 Å². The maximum atomic E-state index is 11.4. The molecule has 5 heteroatoms. The number of aromatic amines is 1. The quantitative estimate of drug-likeness (QED) is 0.714. The monoisotopic (exact) mass is 271 g/mol. The van der Waals surface area contributed by atoms with Crippen molar-refractivity contribution in [3.63, 3.8) is 0 Å². The van der Waals surface area contributed by atoms with Gasteiger partial charge >= 0.3 is 5.97 Å². The van der Waals surface area contributed by atoms with Gasteiger partial charge in [-0.15, -0.1) is 0 Å². The molecule has 5 nitrogen and oxygen atoms in total. The molecule has 2 N–H and O–H groups in total. The highest BCUT2D eigenvalue weighted by molar-refractivity contribution is 6.14. The molecule has 0 radical (unpaired) electrons. The molecule has 0 amide bonds. The predicted octanol–water partition coefficient (Wildman–Crippen LogP) is 3.05. The van der Waals surface area contributed by atoms with Crippen LogP contribution in [0.2, 0.25) is 0 Å². The molecule has 1 aromatic carbocycles. The van der Waals surface area contributed by atoms with Crippen molar-refractivity contribution in [1.82, 2.24) is 14.8 Å². The van der Waals surface area contributed by atoms with Crippen molar-refractivity contribution < 1.29 is 9.90 Å². The summed E-state index contributed by atoms with van der Waals surface area (Å²) in [7, 11) is 1.74. The molecule has 104 valence electrons. The molecular formula is C15H17N3O2. The van der Waals surface area contributed by atoms with E-state index in [1.807, 2.05) is 6.07 Å². The second-order valence-electron chi connectivity index (χ2n) is 6.14. The van der Waals surface area contributed by atoms with Crippen LogP contribution in [0.4, 0.5) is 0 Å². The summed E-state index contributed by atoms with van der Waals surface area (Å²) in [5, 5.41) is 15.0. The molecule has 0 saturated heterocycles. The Morgan fingerprint density at radius 3 is 2.65 bits per heavy atom. The number of aromatic carboxylic acids is 1. The minimum atomic E-state index is -1.00. The van der Waals surface area contributed by atoms with Gasteiger partial charge in [-0.05, 0) is 23.1 Å². The summed E-state index contributed by atoms with van der Waals surface area (Å²) in [6.07, 6.45) is 0. The third kappa shape index (κ3) is 1.70. The summed E-state index contributed by atoms with van der Waals surface area (Å²) < 4.78 is 1.58. The summed E-state index contributed by atoms with van der Waals surface area (Å²) in [5.74, 6) is -1.00. The topological polar surface area (TPSA) is 70.9 Å². The number of carbonyl (C=O) groups is 1. The first-order valence-corrected chi connectivity index (χ1v) is 6.51. The number of hydrogen-bond donors (Lipinski definition) is 2. The maximum Gasteiger partial charge on any atom is 0.357 e. The molecule has 0 saturated carbocycles. The van der Waals surface area contributed by atoms with E-state index in [1.165, 1.54) is 5.56 Å². The minimum absolute atomic E-state index is 0.0172. The van der Waals surface area contributed by atoms with Gasteiger partial charge in [-0.25, -0.2) is 4.79 Å². The molecule has 3 aromatic rings. The van der Waals surface area contributed by atoms with E-state index in [0.717, 1.165) is 16.6 Å². The SMILES string of the molecule is Cn1nc(C(=O)O)c2c3cc(C(C)(C)C)ccc3[nH]c21. The lowest BCUT2D eigenvalue weighted by Gasteiger charge is -2.18. The summed E-state index contributed by atoms with van der Waals surface area (Å²) in [4.78, 5) is 14.6. The van der Waals surface area contributed by atoms with Gasteiger partial charge in [0.2, 0.25) is 0 Å². The van der Waals surface area contributed by atoms with Crippen LogP contribution < -0.4 is 0 Å². The third-order valence-electron chi connectivity index (χ3n) is 3.66. The minimum Gasteiger partial charge on any atom is -0.476 e. The molecule has 0 aliphatic heterocycles. The fraction of sp³-hybridized carbons (Fsp3) is 0.333. The summed E-state index contributed by atoms with van der Waals surface area (Å²) in [6.45, 7) is 6.41. The predicted molar refractivity (Wildman–Crippen MR) is 78.2 cm³/mol. The zero-order chi connectivity index (χ0) is 14.7. The van der Waals surface area contributed by atoms with E-state index in [-0.39, 0.29) is 11.1 Å². The molecule has 3 rings (SSSR count). The van der Waals surface area contributed by atoms with Crippen LogP contribution in [0.25, 0.3) is 21.9 Å². The van der Waals surface area contributed by atoms with Crippen molar-refractivity contribution >= 4 is 27.9 Å². The molecular weight excluding hydrogens is 254 g/mol. The molecule has 0 aliphatic carbocycles. The van der Waals surface area contributed by atoms with Gasteiger partial charge in [-0.3, -0.25) is 4.68 Å². The molecule has 0 unspecified atom stereocenters. The smallest absolute Gasteiger partial charge is 0.357 e. The van der Waals surface area contributed by atoms with E-state index in [9.17, 15) is 9.90 Å². The average molecular weight is 271 g/mol. The van der Waals surface area contributed by atoms with Gasteiger partial charge in [0.1, 0.15) is 5.65 Å². The van der Waals surface area contributed by atoms with E-state index in [2.05, 4.69) is 43.0 Å². The fourth-order valence-corrected chi connectivity index (χ4v) is 2.53. The Morgan fingerprint density at radius 1 is 1.35 bits per heavy atom. The lowest BCUT2D eigenvalue weighted by atomic mass is 9.86. The van der Waals surface area contributed by atoms with Crippen LogP contribution in [-0.4, -0.2) is 25.8 Å². The number of benzene rings is 1. The summed E-state index contributed by atoms with van der Waals surface area (Å²) >= 11 is 0. The third-order valence-corrected chi connectivity index (χ3v) is 3.66. The number of rotatable bonds is 1. The largest absolute Gasteiger partial charge is 0.476 e. The second kappa shape index (κ2) is 3.85. The Balaban J connectivity index is 2.43. The van der Waals surface area contributed by atoms with Crippen molar-refractivity contribution in [3.05, 3.63) is 29.5 Å². The van der Waals surface area contributed by atoms with Gasteiger partial charge in [0.15, 0.2) is 5.69 Å². The number of aryl methyl sites for hydroxylation is 1. The van der Waals surface area contributed by atoms with Crippen molar-refractivity contribution in [2.45, 2.75) is 26.2 Å². The molecule has 2 heterocycles. The van der Waals surface area contributed by atoms with E-state index in [4.69, 9.17) is 0 Å². The number of carboxylic acid groups (broad SMARTS) is 1. The molecule has 0 atom stereocenters. The van der Waals surface area contributed by atoms with Crippen LogP contribution in [0, 0.1) is 0 Å². The van der Waals surface area contributed by atoms with Crippen molar-refractivity contribution in [2.24, 2.45) is 7.05 Å². The first-order chi connectivity index (χ1) is 9.29. The fourth-order valence-electron chi connectivity index (χ4n) is 2.53. The molecule has 0 fully saturated rings. The number of hydrogen-bond acceptors (Lipinski definition) is 2. The zero-order valence-electron chi connectivity index (χ0n) is 12.0. The first kappa shape index (κ1) is 12.7. The Bertz CT molecular complexity index is 834. The lowest BCUT2D eigenvalue weighted by molar-refractivity contribution is 0.0691. The van der Waals surface area contributed by atoms with Gasteiger partial charge in [0, 0.05) is 18.0 Å². The zero-order valence-corrected chi connectivity index (χ0v) is 12.0. The average Bonchev–Trinajstić information content (AvgIpc) is 2.86. The van der Waals surface area contributed by atoms with Crippen LogP contribution in [-0.2, 0) is 12.5 Å². The lowest BCUT2D eigenvalue weighted by Crippen LogP contribution is -2.10. The van der Waals surface area contributed by atoms with Crippen LogP contribution in [0.1, 0.15) is 36.8 Å². The van der Waals surface area contributed by atoms with Gasteiger partial charge in [-0.1, -0.05) is 26.8 Å². The highest BCUT2D eigenvalue weighted by Gasteiger charge is 2.21. The summed E-state index contributed by atoms with van der Waals surface area (Å²) in [5.41, 5.74) is 2.96. The number of fused-ring (bicyclic) bond motifs is 3. The molecule has 20 heavy (non-hydrogen) atoms. The van der Waals surface area contributed by atoms with E-state index in [0.29, 0.717) is 5.39 Å². The Hall–Kier alpha value is -2.30. The van der Waals surface area contributed by atoms with Crippen molar-refractivity contribution in [3.8, 4) is 0 Å². The van der Waals surface area contributed by atoms with Gasteiger partial charge in [0.05, 0.1) is 5.39 Å². The van der Waals surface area contributed by atoms with Gasteiger partial charge in [-0.2, -0.15) is 5.10 Å². The normalized spacial score (nSPS) is 12.4. The Labute approximate surface area is 116 Å². The van der Waals surface area contributed by atoms with E-state index < -0.39 is 5.97 Å². The van der Waals surface area contributed by atoms with Crippen LogP contribution >= 0.6 is 0 Å². The number of carboxylic acids is 1. The molecule has 0 bridgehead atoms. The van der Waals surface area contributed by atoms with E-state index in [1.54, 1.807) is 11.7 Å². The Morgan fingerprint density at radius 2 is 2.05 bits per heavy atom. The summed E-state index contributed by atoms with van der Waals surface area (Å²) in [6, 6.07) is 6.13. The van der Waals surface area contributed by atoms with Crippen LogP contribution in [0.5, 0.6) is 0 Å². The van der Waals surface area contributed by atoms with Crippen molar-refractivity contribution in [1.29, 1.82) is 0 Å². The van der Waals surface area contributed by atoms with E-state index >= 15 is 0 Å². The molecule has 0 aliphatic rings.